The zero-order valence-electron chi connectivity index (χ0n) is 13.8. The van der Waals surface area contributed by atoms with Crippen LogP contribution in [0.4, 0.5) is 4.39 Å². The monoisotopic (exact) mass is 343 g/mol. The number of hydrogen-bond donors (Lipinski definition) is 1. The third kappa shape index (κ3) is 2.78. The summed E-state index contributed by atoms with van der Waals surface area (Å²) in [6, 6.07) is 1.73. The van der Waals surface area contributed by atoms with Crippen molar-refractivity contribution in [2.24, 2.45) is 0 Å². The highest BCUT2D eigenvalue weighted by Gasteiger charge is 2.23. The van der Waals surface area contributed by atoms with Gasteiger partial charge in [-0.1, -0.05) is 0 Å². The molecule has 0 saturated carbocycles. The Morgan fingerprint density at radius 2 is 2.20 bits per heavy atom. The molecule has 4 rings (SSSR count). The van der Waals surface area contributed by atoms with Crippen molar-refractivity contribution in [3.05, 3.63) is 41.5 Å². The Kier molecular flexibility index (Phi) is 4.19. The van der Waals surface area contributed by atoms with Gasteiger partial charge in [-0.25, -0.2) is 14.1 Å². The summed E-state index contributed by atoms with van der Waals surface area (Å²) in [7, 11) is 1.48. The van der Waals surface area contributed by atoms with Gasteiger partial charge in [0.15, 0.2) is 0 Å². The van der Waals surface area contributed by atoms with Gasteiger partial charge in [0.05, 0.1) is 49.8 Å². The van der Waals surface area contributed by atoms with Crippen LogP contribution in [-0.4, -0.2) is 45.3 Å². The van der Waals surface area contributed by atoms with E-state index < -0.39 is 6.67 Å². The summed E-state index contributed by atoms with van der Waals surface area (Å²) >= 11 is 0. The van der Waals surface area contributed by atoms with Crippen LogP contribution in [-0.2, 0) is 24.3 Å². The molecule has 0 aliphatic carbocycles. The number of rotatable bonds is 4. The van der Waals surface area contributed by atoms with E-state index >= 15 is 0 Å². The molecule has 0 unspecified atom stereocenters. The zero-order valence-corrected chi connectivity index (χ0v) is 13.8. The number of nitrogens with zero attached hydrogens (tertiary/aromatic N) is 4. The number of halogens is 1. The molecule has 7 nitrogen and oxygen atoms in total. The average Bonchev–Trinajstić information content (AvgIpc) is 3.23. The van der Waals surface area contributed by atoms with Gasteiger partial charge in [0.25, 0.3) is 0 Å². The Morgan fingerprint density at radius 1 is 1.32 bits per heavy atom. The molecule has 1 aliphatic heterocycles. The quantitative estimate of drug-likeness (QED) is 0.786. The van der Waals surface area contributed by atoms with Crippen molar-refractivity contribution >= 4 is 0 Å². The van der Waals surface area contributed by atoms with E-state index in [2.05, 4.69) is 15.2 Å². The van der Waals surface area contributed by atoms with E-state index in [0.717, 1.165) is 35.4 Å². The summed E-state index contributed by atoms with van der Waals surface area (Å²) in [5, 5.41) is 11.6. The minimum absolute atomic E-state index is 0.294. The summed E-state index contributed by atoms with van der Waals surface area (Å²) in [5.41, 5.74) is 5.10. The highest BCUT2D eigenvalue weighted by Crippen LogP contribution is 2.30. The van der Waals surface area contributed by atoms with Crippen LogP contribution >= 0.6 is 0 Å². The van der Waals surface area contributed by atoms with Crippen LogP contribution in [0.3, 0.4) is 0 Å². The Balaban J connectivity index is 1.87. The molecule has 1 aliphatic rings. The van der Waals surface area contributed by atoms with Crippen molar-refractivity contribution in [1.29, 1.82) is 0 Å². The standard InChI is InChI=1S/C17H18FN5O2/c1-24-17-11(7-18)6-13(10-19-17)23-15-3-5-25-4-2-14(15)16(22-23)12-8-20-21-9-12/h6,8-10H,2-5,7H2,1H3,(H,20,21). The van der Waals surface area contributed by atoms with Gasteiger partial charge < -0.3 is 9.47 Å². The molecule has 25 heavy (non-hydrogen) atoms. The van der Waals surface area contributed by atoms with Gasteiger partial charge >= 0.3 is 0 Å². The van der Waals surface area contributed by atoms with Gasteiger partial charge in [-0.05, 0) is 12.5 Å². The van der Waals surface area contributed by atoms with E-state index in [0.29, 0.717) is 30.3 Å². The number of H-pyrrole nitrogens is 1. The Morgan fingerprint density at radius 3 is 2.96 bits per heavy atom. The molecule has 0 bridgehead atoms. The minimum atomic E-state index is -0.648. The smallest absolute Gasteiger partial charge is 0.219 e. The molecule has 4 heterocycles. The second-order valence-electron chi connectivity index (χ2n) is 5.78. The minimum Gasteiger partial charge on any atom is -0.481 e. The number of hydrogen-bond acceptors (Lipinski definition) is 5. The lowest BCUT2D eigenvalue weighted by Gasteiger charge is -2.10. The summed E-state index contributed by atoms with van der Waals surface area (Å²) in [6.45, 7) is 0.633. The molecule has 0 spiro atoms. The highest BCUT2D eigenvalue weighted by atomic mass is 19.1. The molecule has 3 aromatic rings. The number of alkyl halides is 1. The van der Waals surface area contributed by atoms with E-state index in [1.165, 1.54) is 7.11 Å². The van der Waals surface area contributed by atoms with Gasteiger partial charge in [0.1, 0.15) is 6.67 Å². The van der Waals surface area contributed by atoms with Crippen LogP contribution in [0.5, 0.6) is 5.88 Å². The lowest BCUT2D eigenvalue weighted by atomic mass is 10.1. The molecule has 1 N–H and O–H groups in total. The molecule has 0 saturated heterocycles. The molecule has 0 aromatic carbocycles. The van der Waals surface area contributed by atoms with Crippen molar-refractivity contribution in [1.82, 2.24) is 25.0 Å². The fourth-order valence-electron chi connectivity index (χ4n) is 3.16. The number of aromatic amines is 1. The van der Waals surface area contributed by atoms with E-state index in [9.17, 15) is 4.39 Å². The van der Waals surface area contributed by atoms with Crippen molar-refractivity contribution in [2.45, 2.75) is 19.5 Å². The third-order valence-corrected chi connectivity index (χ3v) is 4.33. The first kappa shape index (κ1) is 15.8. The number of ether oxygens (including phenoxy) is 2. The second-order valence-corrected chi connectivity index (χ2v) is 5.78. The predicted octanol–water partition coefficient (Wildman–Crippen LogP) is 2.25. The van der Waals surface area contributed by atoms with E-state index in [1.807, 2.05) is 10.9 Å². The van der Waals surface area contributed by atoms with Gasteiger partial charge in [-0.15, -0.1) is 0 Å². The first-order valence-electron chi connectivity index (χ1n) is 8.08. The van der Waals surface area contributed by atoms with Crippen LogP contribution < -0.4 is 4.74 Å². The number of methoxy groups -OCH3 is 1. The Hall–Kier alpha value is -2.74. The van der Waals surface area contributed by atoms with Crippen molar-refractivity contribution < 1.29 is 13.9 Å². The number of fused-ring (bicyclic) bond motifs is 1. The van der Waals surface area contributed by atoms with Crippen LogP contribution in [0.1, 0.15) is 16.8 Å². The average molecular weight is 343 g/mol. The van der Waals surface area contributed by atoms with Crippen molar-refractivity contribution in [2.75, 3.05) is 20.3 Å². The molecule has 0 radical (unpaired) electrons. The molecule has 3 aromatic heterocycles. The first-order chi connectivity index (χ1) is 12.3. The predicted molar refractivity (Wildman–Crippen MR) is 88.5 cm³/mol. The summed E-state index contributed by atoms with van der Waals surface area (Å²) in [4.78, 5) is 4.22. The van der Waals surface area contributed by atoms with Gasteiger partial charge in [-0.2, -0.15) is 10.2 Å². The molecule has 0 fully saturated rings. The lowest BCUT2D eigenvalue weighted by molar-refractivity contribution is 0.145. The van der Waals surface area contributed by atoms with Crippen molar-refractivity contribution in [3.63, 3.8) is 0 Å². The van der Waals surface area contributed by atoms with Crippen LogP contribution in [0, 0.1) is 0 Å². The Labute approximate surface area is 143 Å². The topological polar surface area (TPSA) is 77.9 Å². The maximum atomic E-state index is 13.3. The van der Waals surface area contributed by atoms with Gasteiger partial charge in [0.2, 0.25) is 5.88 Å². The fourth-order valence-corrected chi connectivity index (χ4v) is 3.16. The highest BCUT2D eigenvalue weighted by molar-refractivity contribution is 5.64. The SMILES string of the molecule is COc1ncc(-n2nc(-c3cn[nH]c3)c3c2CCOCC3)cc1CF. The molecule has 0 atom stereocenters. The van der Waals surface area contributed by atoms with Gasteiger partial charge in [-0.3, -0.25) is 5.10 Å². The summed E-state index contributed by atoms with van der Waals surface area (Å²) in [6.07, 6.45) is 6.72. The molecule has 0 amide bonds. The molecule has 130 valence electrons. The van der Waals surface area contributed by atoms with E-state index in [1.54, 1.807) is 18.5 Å². The maximum Gasteiger partial charge on any atom is 0.219 e. The van der Waals surface area contributed by atoms with E-state index in [-0.39, 0.29) is 0 Å². The zero-order chi connectivity index (χ0) is 17.2. The molecule has 8 heteroatoms. The number of nitrogens with one attached hydrogen (secondary N) is 1. The fraction of sp³-hybridized carbons (Fsp3) is 0.353. The summed E-state index contributed by atoms with van der Waals surface area (Å²) in [5.74, 6) is 0.294. The number of aromatic nitrogens is 5. The maximum absolute atomic E-state index is 13.3. The third-order valence-electron chi connectivity index (χ3n) is 4.33. The Bertz CT molecular complexity index is 876. The normalized spacial score (nSPS) is 14.2. The van der Waals surface area contributed by atoms with Crippen LogP contribution in [0.25, 0.3) is 16.9 Å². The van der Waals surface area contributed by atoms with Crippen molar-refractivity contribution in [3.8, 4) is 22.8 Å². The molecular weight excluding hydrogens is 325 g/mol. The second kappa shape index (κ2) is 6.64. The molecular formula is C17H18FN5O2. The van der Waals surface area contributed by atoms with E-state index in [4.69, 9.17) is 14.6 Å². The van der Waals surface area contributed by atoms with Crippen LogP contribution in [0.2, 0.25) is 0 Å². The summed E-state index contributed by atoms with van der Waals surface area (Å²) < 4.78 is 25.9. The lowest BCUT2D eigenvalue weighted by Crippen LogP contribution is -2.07. The largest absolute Gasteiger partial charge is 0.481 e. The van der Waals surface area contributed by atoms with Gasteiger partial charge in [0, 0.05) is 29.3 Å². The number of pyridine rings is 1. The van der Waals surface area contributed by atoms with Crippen LogP contribution in [0.15, 0.2) is 24.7 Å². The first-order valence-corrected chi connectivity index (χ1v) is 8.08.